The van der Waals surface area contributed by atoms with Gasteiger partial charge in [0.2, 0.25) is 0 Å². The Balaban J connectivity index is 2.03. The SMILES string of the molecule is Cn1cc(-c2ccn3nccc3c2)c2ccncc21. The first-order chi connectivity index (χ1) is 9.33. The van der Waals surface area contributed by atoms with Crippen molar-refractivity contribution in [2.75, 3.05) is 0 Å². The van der Waals surface area contributed by atoms with E-state index >= 15 is 0 Å². The Bertz CT molecular complexity index is 885. The van der Waals surface area contributed by atoms with Gasteiger partial charge in [-0.05, 0) is 29.8 Å². The molecule has 4 aromatic heterocycles. The summed E-state index contributed by atoms with van der Waals surface area (Å²) in [6.45, 7) is 0. The summed E-state index contributed by atoms with van der Waals surface area (Å²) in [7, 11) is 2.05. The van der Waals surface area contributed by atoms with Gasteiger partial charge >= 0.3 is 0 Å². The number of aromatic nitrogens is 4. The molecule has 0 atom stereocenters. The summed E-state index contributed by atoms with van der Waals surface area (Å²) in [5.74, 6) is 0. The minimum Gasteiger partial charge on any atom is -0.349 e. The average Bonchev–Trinajstić information content (AvgIpc) is 3.03. The zero-order valence-electron chi connectivity index (χ0n) is 10.5. The molecule has 4 nitrogen and oxygen atoms in total. The van der Waals surface area contributed by atoms with Gasteiger partial charge in [-0.15, -0.1) is 0 Å². The highest BCUT2D eigenvalue weighted by Gasteiger charge is 2.09. The van der Waals surface area contributed by atoms with Crippen LogP contribution < -0.4 is 0 Å². The van der Waals surface area contributed by atoms with Crippen LogP contribution in [0.4, 0.5) is 0 Å². The molecular weight excluding hydrogens is 236 g/mol. The number of hydrogen-bond donors (Lipinski definition) is 0. The molecule has 0 N–H and O–H groups in total. The summed E-state index contributed by atoms with van der Waals surface area (Å²) in [6.07, 6.45) is 9.69. The molecule has 4 heteroatoms. The van der Waals surface area contributed by atoms with Crippen molar-refractivity contribution in [3.63, 3.8) is 0 Å². The van der Waals surface area contributed by atoms with Gasteiger partial charge in [-0.3, -0.25) is 4.98 Å². The maximum atomic E-state index is 4.22. The van der Waals surface area contributed by atoms with E-state index in [9.17, 15) is 0 Å². The molecule has 0 aliphatic rings. The molecule has 4 rings (SSSR count). The fourth-order valence-corrected chi connectivity index (χ4v) is 2.55. The quantitative estimate of drug-likeness (QED) is 0.519. The number of aryl methyl sites for hydroxylation is 1. The molecule has 0 bridgehead atoms. The van der Waals surface area contributed by atoms with Crippen LogP contribution in [0.2, 0.25) is 0 Å². The van der Waals surface area contributed by atoms with E-state index in [0.29, 0.717) is 0 Å². The molecule has 0 aliphatic carbocycles. The third-order valence-corrected chi connectivity index (χ3v) is 3.50. The summed E-state index contributed by atoms with van der Waals surface area (Å²) < 4.78 is 3.98. The molecular formula is C15H12N4. The molecule has 0 fully saturated rings. The first kappa shape index (κ1) is 10.3. The molecule has 0 aliphatic heterocycles. The van der Waals surface area contributed by atoms with Crippen molar-refractivity contribution >= 4 is 16.4 Å². The third-order valence-electron chi connectivity index (χ3n) is 3.50. The van der Waals surface area contributed by atoms with Gasteiger partial charge < -0.3 is 4.57 Å². The van der Waals surface area contributed by atoms with E-state index in [1.807, 2.05) is 42.4 Å². The normalized spacial score (nSPS) is 11.4. The van der Waals surface area contributed by atoms with Gasteiger partial charge in [0.1, 0.15) is 0 Å². The van der Waals surface area contributed by atoms with Crippen LogP contribution in [0.25, 0.3) is 27.5 Å². The molecule has 4 aromatic rings. The molecule has 0 saturated carbocycles. The number of nitrogens with zero attached hydrogens (tertiary/aromatic N) is 4. The Labute approximate surface area is 109 Å². The van der Waals surface area contributed by atoms with E-state index in [1.54, 1.807) is 0 Å². The second kappa shape index (κ2) is 3.68. The van der Waals surface area contributed by atoms with Crippen LogP contribution in [0.15, 0.2) is 55.2 Å². The summed E-state index contributed by atoms with van der Waals surface area (Å²) in [6, 6.07) is 8.32. The number of pyridine rings is 2. The summed E-state index contributed by atoms with van der Waals surface area (Å²) >= 11 is 0. The standard InChI is InChI=1S/C15H12N4/c1-18-10-14(13-3-5-16-9-15(13)18)11-4-7-19-12(8-11)2-6-17-19/h2-10H,1H3. The van der Waals surface area contributed by atoms with Gasteiger partial charge in [-0.2, -0.15) is 5.10 Å². The highest BCUT2D eigenvalue weighted by atomic mass is 15.2. The first-order valence-corrected chi connectivity index (χ1v) is 6.16. The van der Waals surface area contributed by atoms with Gasteiger partial charge in [-0.25, -0.2) is 4.52 Å². The topological polar surface area (TPSA) is 35.1 Å². The third kappa shape index (κ3) is 1.46. The average molecular weight is 248 g/mol. The number of rotatable bonds is 1. The van der Waals surface area contributed by atoms with Crippen molar-refractivity contribution in [2.45, 2.75) is 0 Å². The Morgan fingerprint density at radius 3 is 3.00 bits per heavy atom. The Kier molecular flexibility index (Phi) is 2.00. The lowest BCUT2D eigenvalue weighted by Crippen LogP contribution is -1.86. The van der Waals surface area contributed by atoms with Crippen LogP contribution in [0.3, 0.4) is 0 Å². The monoisotopic (exact) mass is 248 g/mol. The molecule has 0 saturated heterocycles. The van der Waals surface area contributed by atoms with E-state index in [-0.39, 0.29) is 0 Å². The van der Waals surface area contributed by atoms with Gasteiger partial charge in [0.25, 0.3) is 0 Å². The van der Waals surface area contributed by atoms with Crippen LogP contribution in [-0.2, 0) is 7.05 Å². The van der Waals surface area contributed by atoms with Gasteiger partial charge in [-0.1, -0.05) is 0 Å². The van der Waals surface area contributed by atoms with Crippen LogP contribution in [-0.4, -0.2) is 19.2 Å². The zero-order chi connectivity index (χ0) is 12.8. The fraction of sp³-hybridized carbons (Fsp3) is 0.0667. The van der Waals surface area contributed by atoms with Crippen LogP contribution in [0.1, 0.15) is 0 Å². The molecule has 92 valence electrons. The van der Waals surface area contributed by atoms with E-state index in [1.165, 1.54) is 16.5 Å². The lowest BCUT2D eigenvalue weighted by atomic mass is 10.1. The molecule has 0 amide bonds. The second-order valence-electron chi connectivity index (χ2n) is 4.66. The highest BCUT2D eigenvalue weighted by molar-refractivity contribution is 5.96. The number of hydrogen-bond acceptors (Lipinski definition) is 2. The van der Waals surface area contributed by atoms with Crippen molar-refractivity contribution in [2.24, 2.45) is 7.05 Å². The van der Waals surface area contributed by atoms with Crippen LogP contribution in [0, 0.1) is 0 Å². The Morgan fingerprint density at radius 1 is 1.11 bits per heavy atom. The molecule has 4 heterocycles. The highest BCUT2D eigenvalue weighted by Crippen LogP contribution is 2.30. The number of fused-ring (bicyclic) bond motifs is 2. The first-order valence-electron chi connectivity index (χ1n) is 6.16. The van der Waals surface area contributed by atoms with Gasteiger partial charge in [0, 0.05) is 42.8 Å². The minimum atomic E-state index is 1.10. The lowest BCUT2D eigenvalue weighted by Gasteiger charge is -2.00. The van der Waals surface area contributed by atoms with Crippen LogP contribution in [0.5, 0.6) is 0 Å². The van der Waals surface area contributed by atoms with E-state index < -0.39 is 0 Å². The van der Waals surface area contributed by atoms with Crippen molar-refractivity contribution in [3.8, 4) is 11.1 Å². The fourth-order valence-electron chi connectivity index (χ4n) is 2.55. The molecule has 0 radical (unpaired) electrons. The minimum absolute atomic E-state index is 1.10. The van der Waals surface area contributed by atoms with Crippen molar-refractivity contribution in [3.05, 3.63) is 55.2 Å². The van der Waals surface area contributed by atoms with Crippen molar-refractivity contribution in [1.29, 1.82) is 0 Å². The Morgan fingerprint density at radius 2 is 2.05 bits per heavy atom. The Hall–Kier alpha value is -2.62. The zero-order valence-corrected chi connectivity index (χ0v) is 10.5. The van der Waals surface area contributed by atoms with E-state index in [0.717, 1.165) is 11.0 Å². The molecule has 0 unspecified atom stereocenters. The van der Waals surface area contributed by atoms with Gasteiger partial charge in [0.05, 0.1) is 17.2 Å². The summed E-state index contributed by atoms with van der Waals surface area (Å²) in [5.41, 5.74) is 4.67. The summed E-state index contributed by atoms with van der Waals surface area (Å²) in [5, 5.41) is 5.45. The predicted octanol–water partition coefficient (Wildman–Crippen LogP) is 2.89. The largest absolute Gasteiger partial charge is 0.349 e. The van der Waals surface area contributed by atoms with Crippen LogP contribution >= 0.6 is 0 Å². The molecule has 0 spiro atoms. The molecule has 19 heavy (non-hydrogen) atoms. The van der Waals surface area contributed by atoms with Crippen molar-refractivity contribution in [1.82, 2.24) is 19.2 Å². The second-order valence-corrected chi connectivity index (χ2v) is 4.66. The van der Waals surface area contributed by atoms with Crippen molar-refractivity contribution < 1.29 is 0 Å². The predicted molar refractivity (Wildman–Crippen MR) is 74.9 cm³/mol. The maximum Gasteiger partial charge on any atom is 0.0670 e. The lowest BCUT2D eigenvalue weighted by molar-refractivity contribution is 0.959. The van der Waals surface area contributed by atoms with E-state index in [4.69, 9.17) is 0 Å². The smallest absolute Gasteiger partial charge is 0.0670 e. The molecule has 0 aromatic carbocycles. The van der Waals surface area contributed by atoms with Gasteiger partial charge in [0.15, 0.2) is 0 Å². The summed E-state index contributed by atoms with van der Waals surface area (Å²) in [4.78, 5) is 4.19. The maximum absolute atomic E-state index is 4.22. The van der Waals surface area contributed by atoms with E-state index in [2.05, 4.69) is 39.0 Å².